The highest BCUT2D eigenvalue weighted by Crippen LogP contribution is 2.37. The molecular formula is C28H31N3O. The van der Waals surface area contributed by atoms with Crippen LogP contribution in [0.1, 0.15) is 29.7 Å². The Morgan fingerprint density at radius 1 is 0.938 bits per heavy atom. The molecule has 3 unspecified atom stereocenters. The van der Waals surface area contributed by atoms with Crippen molar-refractivity contribution in [3.05, 3.63) is 95.6 Å². The Morgan fingerprint density at radius 3 is 2.44 bits per heavy atom. The Morgan fingerprint density at radius 2 is 1.66 bits per heavy atom. The van der Waals surface area contributed by atoms with Gasteiger partial charge in [0.1, 0.15) is 0 Å². The molecule has 32 heavy (non-hydrogen) atoms. The van der Waals surface area contributed by atoms with Gasteiger partial charge < -0.3 is 15.1 Å². The first-order chi connectivity index (χ1) is 15.6. The zero-order valence-corrected chi connectivity index (χ0v) is 18.9. The number of carbonyl (C=O) groups is 1. The lowest BCUT2D eigenvalue weighted by Gasteiger charge is -2.49. The van der Waals surface area contributed by atoms with Crippen molar-refractivity contribution in [1.29, 1.82) is 0 Å². The Balaban J connectivity index is 1.41. The van der Waals surface area contributed by atoms with Gasteiger partial charge in [0, 0.05) is 31.0 Å². The van der Waals surface area contributed by atoms with Gasteiger partial charge in [-0.1, -0.05) is 66.2 Å². The average molecular weight is 426 g/mol. The van der Waals surface area contributed by atoms with Gasteiger partial charge in [-0.05, 0) is 49.6 Å². The number of nitrogens with zero attached hydrogens (tertiary/aromatic N) is 2. The first-order valence-corrected chi connectivity index (χ1v) is 11.6. The molecule has 0 spiro atoms. The van der Waals surface area contributed by atoms with E-state index < -0.39 is 0 Å². The minimum Gasteiger partial charge on any atom is -0.368 e. The normalized spacial score (nSPS) is 20.8. The molecule has 4 heteroatoms. The van der Waals surface area contributed by atoms with Gasteiger partial charge in [-0.2, -0.15) is 0 Å². The number of hydrogen-bond donors (Lipinski definition) is 1. The minimum absolute atomic E-state index is 0.00823. The average Bonchev–Trinajstić information content (AvgIpc) is 2.84. The van der Waals surface area contributed by atoms with E-state index in [1.807, 2.05) is 18.2 Å². The zero-order valence-electron chi connectivity index (χ0n) is 18.9. The van der Waals surface area contributed by atoms with Crippen molar-refractivity contribution in [2.45, 2.75) is 32.4 Å². The monoisotopic (exact) mass is 425 g/mol. The maximum Gasteiger partial charge on any atom is 0.226 e. The summed E-state index contributed by atoms with van der Waals surface area (Å²) in [6.45, 7) is 6.93. The lowest BCUT2D eigenvalue weighted by molar-refractivity contribution is -0.126. The molecule has 3 aromatic carbocycles. The SMILES string of the molecule is Cc1ccc(N2CCN3c4ccccc4CC(C(=O)NC(C)c4ccccc4)C3C2)cc1. The quantitative estimate of drug-likeness (QED) is 0.656. The number of para-hydroxylation sites is 1. The molecule has 4 nitrogen and oxygen atoms in total. The molecule has 2 aliphatic heterocycles. The fourth-order valence-electron chi connectivity index (χ4n) is 5.19. The summed E-state index contributed by atoms with van der Waals surface area (Å²) in [5.74, 6) is 0.0703. The van der Waals surface area contributed by atoms with Crippen LogP contribution < -0.4 is 15.1 Å². The van der Waals surface area contributed by atoms with Gasteiger partial charge in [0.05, 0.1) is 18.0 Å². The number of rotatable bonds is 4. The molecule has 3 atom stereocenters. The van der Waals surface area contributed by atoms with E-state index in [0.29, 0.717) is 0 Å². The number of benzene rings is 3. The van der Waals surface area contributed by atoms with Crippen molar-refractivity contribution in [1.82, 2.24) is 5.32 Å². The van der Waals surface area contributed by atoms with Crippen molar-refractivity contribution in [2.75, 3.05) is 29.4 Å². The summed E-state index contributed by atoms with van der Waals surface area (Å²) in [7, 11) is 0. The van der Waals surface area contributed by atoms with Crippen molar-refractivity contribution < 1.29 is 4.79 Å². The van der Waals surface area contributed by atoms with Gasteiger partial charge in [-0.25, -0.2) is 0 Å². The van der Waals surface area contributed by atoms with Gasteiger partial charge >= 0.3 is 0 Å². The van der Waals surface area contributed by atoms with E-state index in [9.17, 15) is 4.79 Å². The van der Waals surface area contributed by atoms with Crippen LogP contribution in [-0.4, -0.2) is 31.6 Å². The van der Waals surface area contributed by atoms with E-state index in [1.165, 1.54) is 22.5 Å². The van der Waals surface area contributed by atoms with Gasteiger partial charge in [0.2, 0.25) is 5.91 Å². The van der Waals surface area contributed by atoms with Crippen LogP contribution in [-0.2, 0) is 11.2 Å². The number of amides is 1. The van der Waals surface area contributed by atoms with E-state index in [1.54, 1.807) is 0 Å². The van der Waals surface area contributed by atoms with Gasteiger partial charge in [-0.15, -0.1) is 0 Å². The lowest BCUT2D eigenvalue weighted by atomic mass is 9.83. The third kappa shape index (κ3) is 3.97. The standard InChI is InChI=1S/C28H31N3O/c1-20-12-14-24(15-13-20)30-16-17-31-26-11-7-6-10-23(26)18-25(27(31)19-30)28(32)29-21(2)22-8-4-3-5-9-22/h3-15,21,25,27H,16-19H2,1-2H3,(H,29,32). The number of hydrogen-bond acceptors (Lipinski definition) is 3. The molecule has 0 saturated carbocycles. The maximum absolute atomic E-state index is 13.6. The molecule has 5 rings (SSSR count). The maximum atomic E-state index is 13.6. The first kappa shape index (κ1) is 20.6. The minimum atomic E-state index is -0.0793. The fraction of sp³-hybridized carbons (Fsp3) is 0.321. The zero-order chi connectivity index (χ0) is 22.1. The summed E-state index contributed by atoms with van der Waals surface area (Å²) < 4.78 is 0. The predicted octanol–water partition coefficient (Wildman–Crippen LogP) is 4.74. The van der Waals surface area contributed by atoms with Crippen LogP contribution >= 0.6 is 0 Å². The van der Waals surface area contributed by atoms with Gasteiger partial charge in [-0.3, -0.25) is 4.79 Å². The molecule has 0 aromatic heterocycles. The summed E-state index contributed by atoms with van der Waals surface area (Å²) in [6.07, 6.45) is 0.784. The lowest BCUT2D eigenvalue weighted by Crippen LogP contribution is -2.61. The van der Waals surface area contributed by atoms with Crippen molar-refractivity contribution >= 4 is 17.3 Å². The summed E-state index contributed by atoms with van der Waals surface area (Å²) in [5, 5.41) is 3.31. The highest BCUT2D eigenvalue weighted by atomic mass is 16.2. The Hall–Kier alpha value is -3.27. The van der Waals surface area contributed by atoms with Crippen LogP contribution in [0.2, 0.25) is 0 Å². The second-order valence-corrected chi connectivity index (χ2v) is 9.12. The third-order valence-electron chi connectivity index (χ3n) is 7.02. The topological polar surface area (TPSA) is 35.6 Å². The number of anilines is 2. The Kier molecular flexibility index (Phi) is 5.60. The highest BCUT2D eigenvalue weighted by Gasteiger charge is 2.41. The molecular weight excluding hydrogens is 394 g/mol. The van der Waals surface area contributed by atoms with Crippen LogP contribution in [0.3, 0.4) is 0 Å². The molecule has 2 heterocycles. The molecule has 1 fully saturated rings. The molecule has 164 valence electrons. The fourth-order valence-corrected chi connectivity index (χ4v) is 5.19. The summed E-state index contributed by atoms with van der Waals surface area (Å²) in [5.41, 5.74) is 6.22. The van der Waals surface area contributed by atoms with Crippen LogP contribution in [0.4, 0.5) is 11.4 Å². The number of piperazine rings is 1. The van der Waals surface area contributed by atoms with Crippen LogP contribution in [0, 0.1) is 12.8 Å². The molecule has 1 saturated heterocycles. The van der Waals surface area contributed by atoms with Crippen molar-refractivity contribution in [3.8, 4) is 0 Å². The summed E-state index contributed by atoms with van der Waals surface area (Å²) >= 11 is 0. The molecule has 0 radical (unpaired) electrons. The van der Waals surface area contributed by atoms with E-state index in [2.05, 4.69) is 89.6 Å². The summed E-state index contributed by atoms with van der Waals surface area (Å²) in [6, 6.07) is 27.7. The molecule has 0 bridgehead atoms. The predicted molar refractivity (Wildman–Crippen MR) is 131 cm³/mol. The number of nitrogens with one attached hydrogen (secondary N) is 1. The van der Waals surface area contributed by atoms with E-state index in [4.69, 9.17) is 0 Å². The number of fused-ring (bicyclic) bond motifs is 3. The molecule has 2 aliphatic rings. The molecule has 0 aliphatic carbocycles. The van der Waals surface area contributed by atoms with Crippen LogP contribution in [0.5, 0.6) is 0 Å². The molecule has 1 N–H and O–H groups in total. The Bertz CT molecular complexity index is 1080. The van der Waals surface area contributed by atoms with Gasteiger partial charge in [0.25, 0.3) is 0 Å². The van der Waals surface area contributed by atoms with E-state index >= 15 is 0 Å². The van der Waals surface area contributed by atoms with E-state index in [0.717, 1.165) is 31.6 Å². The molecule has 1 amide bonds. The Labute approximate surface area is 190 Å². The smallest absolute Gasteiger partial charge is 0.226 e. The second-order valence-electron chi connectivity index (χ2n) is 9.12. The van der Waals surface area contributed by atoms with Crippen molar-refractivity contribution in [3.63, 3.8) is 0 Å². The first-order valence-electron chi connectivity index (χ1n) is 11.6. The number of aryl methyl sites for hydroxylation is 1. The largest absolute Gasteiger partial charge is 0.368 e. The van der Waals surface area contributed by atoms with Crippen LogP contribution in [0.25, 0.3) is 0 Å². The van der Waals surface area contributed by atoms with Gasteiger partial charge in [0.15, 0.2) is 0 Å². The third-order valence-corrected chi connectivity index (χ3v) is 7.02. The summed E-state index contributed by atoms with van der Waals surface area (Å²) in [4.78, 5) is 18.5. The van der Waals surface area contributed by atoms with Crippen molar-refractivity contribution in [2.24, 2.45) is 5.92 Å². The molecule has 3 aromatic rings. The number of carbonyl (C=O) groups excluding carboxylic acids is 1. The highest BCUT2D eigenvalue weighted by molar-refractivity contribution is 5.82. The second kappa shape index (κ2) is 8.70. The van der Waals surface area contributed by atoms with Crippen LogP contribution in [0.15, 0.2) is 78.9 Å². The van der Waals surface area contributed by atoms with E-state index in [-0.39, 0.29) is 23.9 Å².